The van der Waals surface area contributed by atoms with E-state index in [1.165, 1.54) is 6.20 Å². The van der Waals surface area contributed by atoms with Crippen LogP contribution >= 0.6 is 22.9 Å². The highest BCUT2D eigenvalue weighted by atomic mass is 35.5. The monoisotopic (exact) mass is 849 g/mol. The fourth-order valence-electron chi connectivity index (χ4n) is 6.76. The van der Waals surface area contributed by atoms with E-state index < -0.39 is 30.6 Å². The Bertz CT molecular complexity index is 2540. The number of halogens is 1. The predicted octanol–water partition coefficient (Wildman–Crippen LogP) is 7.18. The minimum atomic E-state index is -1.10. The van der Waals surface area contributed by atoms with Crippen molar-refractivity contribution in [1.82, 2.24) is 20.6 Å². The average molecular weight is 850 g/mol. The van der Waals surface area contributed by atoms with Crippen molar-refractivity contribution >= 4 is 45.1 Å². The van der Waals surface area contributed by atoms with Crippen molar-refractivity contribution in [2.75, 3.05) is 13.1 Å². The first kappa shape index (κ1) is 43.7. The molecule has 0 radical (unpaired) electrons. The fourth-order valence-corrected chi connectivity index (χ4v) is 7.92. The minimum Gasteiger partial charge on any atom is -0.488 e. The number of aliphatic carboxylic acids is 2. The van der Waals surface area contributed by atoms with Crippen molar-refractivity contribution in [3.05, 3.63) is 129 Å². The third kappa shape index (κ3) is 11.4. The van der Waals surface area contributed by atoms with E-state index in [1.54, 1.807) is 35.7 Å². The molecule has 2 aromatic heterocycles. The maximum absolute atomic E-state index is 11.0. The van der Waals surface area contributed by atoms with Gasteiger partial charge in [0.1, 0.15) is 35.8 Å². The number of hydrogen-bond acceptors (Lipinski definition) is 12. The summed E-state index contributed by atoms with van der Waals surface area (Å²) >= 11 is 8.32. The van der Waals surface area contributed by atoms with E-state index in [9.17, 15) is 25.1 Å². The summed E-state index contributed by atoms with van der Waals surface area (Å²) in [6.07, 6.45) is 0.322. The summed E-state index contributed by atoms with van der Waals surface area (Å²) in [7, 11) is 0. The van der Waals surface area contributed by atoms with Gasteiger partial charge in [0.05, 0.1) is 45.9 Å². The van der Waals surface area contributed by atoms with E-state index >= 15 is 0 Å². The predicted molar refractivity (Wildman–Crippen MR) is 229 cm³/mol. The van der Waals surface area contributed by atoms with Crippen LogP contribution in [-0.4, -0.2) is 67.6 Å². The maximum Gasteiger partial charge on any atom is 0.306 e. The molecular weight excluding hydrogens is 806 g/mol. The molecule has 2 unspecified atom stereocenters. The van der Waals surface area contributed by atoms with Crippen LogP contribution in [0.4, 0.5) is 0 Å². The van der Waals surface area contributed by atoms with E-state index in [1.807, 2.05) is 18.2 Å². The van der Waals surface area contributed by atoms with Crippen LogP contribution in [0.5, 0.6) is 11.5 Å². The van der Waals surface area contributed by atoms with Gasteiger partial charge in [0.2, 0.25) is 0 Å². The lowest BCUT2D eigenvalue weighted by atomic mass is 9.89. The largest absolute Gasteiger partial charge is 0.488 e. The zero-order chi connectivity index (χ0) is 42.8. The lowest BCUT2D eigenvalue weighted by Crippen LogP contribution is -2.28. The number of carboxylic acids is 2. The lowest BCUT2D eigenvalue weighted by Gasteiger charge is -2.18. The van der Waals surface area contributed by atoms with Crippen LogP contribution in [0.25, 0.3) is 32.5 Å². The summed E-state index contributed by atoms with van der Waals surface area (Å²) in [5.41, 5.74) is 9.91. The highest BCUT2D eigenvalue weighted by molar-refractivity contribution is 7.18. The molecule has 0 aliphatic carbocycles. The number of aliphatic hydroxyl groups excluding tert-OH is 2. The summed E-state index contributed by atoms with van der Waals surface area (Å²) in [4.78, 5) is 30.8. The van der Waals surface area contributed by atoms with Gasteiger partial charge in [-0.1, -0.05) is 54.1 Å². The summed E-state index contributed by atoms with van der Waals surface area (Å²) in [5.74, 6) is -1.30. The smallest absolute Gasteiger partial charge is 0.306 e. The van der Waals surface area contributed by atoms with Crippen LogP contribution < -0.4 is 20.1 Å². The van der Waals surface area contributed by atoms with Gasteiger partial charge >= 0.3 is 11.9 Å². The molecule has 0 fully saturated rings. The summed E-state index contributed by atoms with van der Waals surface area (Å²) < 4.78 is 13.6. The van der Waals surface area contributed by atoms with Crippen molar-refractivity contribution in [2.45, 2.75) is 65.2 Å². The molecule has 6 aromatic rings. The van der Waals surface area contributed by atoms with Gasteiger partial charge in [-0.25, -0.2) is 4.98 Å². The number of carbonyl (C=O) groups is 2. The Balaban J connectivity index is 1.19. The molecule has 6 rings (SSSR count). The van der Waals surface area contributed by atoms with Gasteiger partial charge in [-0.2, -0.15) is 5.26 Å². The van der Waals surface area contributed by atoms with Gasteiger partial charge in [0, 0.05) is 55.8 Å². The molecule has 0 bridgehead atoms. The van der Waals surface area contributed by atoms with E-state index in [-0.39, 0.29) is 39.3 Å². The second kappa shape index (κ2) is 20.4. The number of fused-ring (bicyclic) bond motifs is 1. The molecule has 0 amide bonds. The van der Waals surface area contributed by atoms with E-state index in [0.717, 1.165) is 54.2 Å². The number of rotatable bonds is 20. The molecule has 310 valence electrons. The Morgan fingerprint density at radius 1 is 0.800 bits per heavy atom. The standard InChI is InChI=1S/C45H44ClN5O8S/c1-26-31(25-59-41-16-40(58-24-29-11-28(17-47)18-48-19-29)32(12-38(41)46)20-49-21-33(52)14-44(54)55)5-3-7-36(26)37-8-4-6-35(27(37)2)30-9-10-42-39(13-30)51-43(60-42)23-50-22-34(53)15-45(56)57/h3-13,16,18-19,33-34,49-50,52-53H,14-15,20-25H2,1-2H3,(H,54,55)(H,56,57). The lowest BCUT2D eigenvalue weighted by molar-refractivity contribution is -0.140. The maximum atomic E-state index is 11.0. The van der Waals surface area contributed by atoms with Crippen molar-refractivity contribution in [3.8, 4) is 39.8 Å². The zero-order valence-corrected chi connectivity index (χ0v) is 34.5. The quantitative estimate of drug-likeness (QED) is 0.0451. The first-order valence-electron chi connectivity index (χ1n) is 19.1. The minimum absolute atomic E-state index is 0.0422. The van der Waals surface area contributed by atoms with E-state index in [2.05, 4.69) is 71.9 Å². The molecule has 2 heterocycles. The third-order valence-electron chi connectivity index (χ3n) is 9.80. The second-order valence-electron chi connectivity index (χ2n) is 14.3. The number of pyridine rings is 1. The number of nitrogens with one attached hydrogen (secondary N) is 2. The van der Waals surface area contributed by atoms with Gasteiger partial charge in [-0.15, -0.1) is 11.3 Å². The Morgan fingerprint density at radius 3 is 2.18 bits per heavy atom. The molecule has 0 spiro atoms. The van der Waals surface area contributed by atoms with Gasteiger partial charge in [0.15, 0.2) is 0 Å². The number of thiazole rings is 1. The Morgan fingerprint density at radius 2 is 1.47 bits per heavy atom. The molecule has 13 nitrogen and oxygen atoms in total. The summed E-state index contributed by atoms with van der Waals surface area (Å²) in [6, 6.07) is 25.7. The van der Waals surface area contributed by atoms with Crippen LogP contribution in [0, 0.1) is 25.2 Å². The van der Waals surface area contributed by atoms with Crippen LogP contribution in [-0.2, 0) is 35.9 Å². The number of aromatic nitrogens is 2. The zero-order valence-electron chi connectivity index (χ0n) is 32.9. The van der Waals surface area contributed by atoms with Crippen LogP contribution in [0.15, 0.2) is 85.2 Å². The van der Waals surface area contributed by atoms with Gasteiger partial charge in [-0.3, -0.25) is 14.6 Å². The molecule has 0 aliphatic heterocycles. The van der Waals surface area contributed by atoms with Gasteiger partial charge in [-0.05, 0) is 77.1 Å². The number of benzene rings is 4. The number of nitriles is 1. The third-order valence-corrected chi connectivity index (χ3v) is 11.1. The van der Waals surface area contributed by atoms with E-state index in [0.29, 0.717) is 39.8 Å². The molecule has 2 atom stereocenters. The van der Waals surface area contributed by atoms with Crippen LogP contribution in [0.1, 0.15) is 51.2 Å². The van der Waals surface area contributed by atoms with Crippen molar-refractivity contribution in [1.29, 1.82) is 5.26 Å². The SMILES string of the molecule is Cc1c(COc2cc(OCc3cncc(C#N)c3)c(CNCC(O)CC(=O)O)cc2Cl)cccc1-c1cccc(-c2ccc3sc(CNCC(O)CC(=O)O)nc3c2)c1C. The van der Waals surface area contributed by atoms with Crippen molar-refractivity contribution in [2.24, 2.45) is 0 Å². The Hall–Kier alpha value is -5.92. The van der Waals surface area contributed by atoms with E-state index in [4.69, 9.17) is 36.3 Å². The number of carboxylic acid groups (broad SMARTS) is 2. The normalized spacial score (nSPS) is 12.2. The van der Waals surface area contributed by atoms with Crippen molar-refractivity contribution < 1.29 is 39.5 Å². The number of nitrogens with zero attached hydrogens (tertiary/aromatic N) is 3. The molecule has 60 heavy (non-hydrogen) atoms. The topological polar surface area (TPSA) is 207 Å². The molecule has 0 saturated carbocycles. The molecule has 0 saturated heterocycles. The van der Waals surface area contributed by atoms with Crippen LogP contribution in [0.3, 0.4) is 0 Å². The highest BCUT2D eigenvalue weighted by Gasteiger charge is 2.17. The van der Waals surface area contributed by atoms with Crippen LogP contribution in [0.2, 0.25) is 5.02 Å². The number of ether oxygens (including phenoxy) is 2. The molecule has 6 N–H and O–H groups in total. The Labute approximate surface area is 355 Å². The van der Waals surface area contributed by atoms with Gasteiger partial charge < -0.3 is 40.5 Å². The summed E-state index contributed by atoms with van der Waals surface area (Å²) in [6.45, 7) is 5.33. The summed E-state index contributed by atoms with van der Waals surface area (Å²) in [5, 5.41) is 54.5. The van der Waals surface area contributed by atoms with Crippen molar-refractivity contribution in [3.63, 3.8) is 0 Å². The Kier molecular flexibility index (Phi) is 14.8. The number of hydrogen-bond donors (Lipinski definition) is 6. The highest BCUT2D eigenvalue weighted by Crippen LogP contribution is 2.38. The first-order chi connectivity index (χ1) is 28.9. The van der Waals surface area contributed by atoms with Gasteiger partial charge in [0.25, 0.3) is 0 Å². The second-order valence-corrected chi connectivity index (χ2v) is 15.8. The first-order valence-corrected chi connectivity index (χ1v) is 20.3. The molecule has 4 aromatic carbocycles. The number of aliphatic hydroxyl groups is 2. The molecular formula is C45H44ClN5O8S. The average Bonchev–Trinajstić information content (AvgIpc) is 3.62. The fraction of sp³-hybridized carbons (Fsp3) is 0.267. The molecule has 0 aliphatic rings. The molecule has 15 heteroatoms.